The molecule has 0 aliphatic carbocycles. The first kappa shape index (κ1) is 31.3. The van der Waals surface area contributed by atoms with Crippen LogP contribution >= 0.6 is 11.6 Å². The third-order valence-electron chi connectivity index (χ3n) is 5.11. The Morgan fingerprint density at radius 3 is 1.71 bits per heavy atom. The summed E-state index contributed by atoms with van der Waals surface area (Å²) in [6, 6.07) is 22.9. The van der Waals surface area contributed by atoms with Crippen molar-refractivity contribution in [3.8, 4) is 0 Å². The van der Waals surface area contributed by atoms with E-state index in [0.29, 0.717) is 11.5 Å². The number of rotatable bonds is 6. The van der Waals surface area contributed by atoms with Crippen LogP contribution in [-0.2, 0) is 34.5 Å². The van der Waals surface area contributed by atoms with Crippen LogP contribution in [0.5, 0.6) is 0 Å². The summed E-state index contributed by atoms with van der Waals surface area (Å²) in [5, 5.41) is 0. The van der Waals surface area contributed by atoms with Gasteiger partial charge < -0.3 is 5.73 Å². The monoisotopic (exact) mass is 614 g/mol. The SMILES string of the molecule is Cc1ccc(C(C)C)cc1.N[C@@H](c1ccccc1)[C@@](Cl)(NS(=O)(=O)C(F)(F)F)c1ccccc1.[Ru]. The average molecular weight is 614 g/mol. The Morgan fingerprint density at radius 1 is 0.829 bits per heavy atom. The van der Waals surface area contributed by atoms with Crippen LogP contribution in [0.25, 0.3) is 0 Å². The molecule has 0 saturated heterocycles. The van der Waals surface area contributed by atoms with Crippen molar-refractivity contribution in [1.29, 1.82) is 0 Å². The minimum absolute atomic E-state index is 0. The number of alkyl halides is 4. The topological polar surface area (TPSA) is 72.2 Å². The van der Waals surface area contributed by atoms with E-state index in [4.69, 9.17) is 17.3 Å². The van der Waals surface area contributed by atoms with E-state index in [2.05, 4.69) is 45.0 Å². The van der Waals surface area contributed by atoms with Gasteiger partial charge in [0.05, 0.1) is 6.04 Å². The first-order valence-corrected chi connectivity index (χ1v) is 12.4. The molecule has 35 heavy (non-hydrogen) atoms. The first-order valence-electron chi connectivity index (χ1n) is 10.5. The van der Waals surface area contributed by atoms with Gasteiger partial charge in [-0.2, -0.15) is 17.9 Å². The molecule has 0 heterocycles. The fourth-order valence-corrected chi connectivity index (χ4v) is 4.39. The minimum atomic E-state index is -5.72. The van der Waals surface area contributed by atoms with E-state index < -0.39 is 26.6 Å². The Hall–Kier alpha value is -1.77. The van der Waals surface area contributed by atoms with Gasteiger partial charge in [0.25, 0.3) is 0 Å². The van der Waals surface area contributed by atoms with Gasteiger partial charge in [0.1, 0.15) is 0 Å². The number of hydrogen-bond acceptors (Lipinski definition) is 3. The molecule has 0 unspecified atom stereocenters. The smallest absolute Gasteiger partial charge is 0.321 e. The van der Waals surface area contributed by atoms with Crippen molar-refractivity contribution < 1.29 is 41.1 Å². The molecule has 0 aliphatic rings. The summed E-state index contributed by atoms with van der Waals surface area (Å²) < 4.78 is 63.1. The van der Waals surface area contributed by atoms with Gasteiger partial charge in [0, 0.05) is 19.5 Å². The van der Waals surface area contributed by atoms with E-state index in [1.165, 1.54) is 40.1 Å². The van der Waals surface area contributed by atoms with Crippen LogP contribution in [-0.4, -0.2) is 13.9 Å². The molecule has 192 valence electrons. The number of aryl methyl sites for hydroxylation is 1. The molecule has 0 aliphatic heterocycles. The number of benzene rings is 3. The van der Waals surface area contributed by atoms with E-state index in [-0.39, 0.29) is 25.0 Å². The Kier molecular flexibility index (Phi) is 11.6. The molecule has 0 spiro atoms. The summed E-state index contributed by atoms with van der Waals surface area (Å²) >= 11 is 6.32. The van der Waals surface area contributed by atoms with Crippen molar-refractivity contribution in [3.05, 3.63) is 107 Å². The fraction of sp³-hybridized carbons (Fsp3) is 0.280. The zero-order valence-electron chi connectivity index (χ0n) is 19.4. The summed E-state index contributed by atoms with van der Waals surface area (Å²) in [6.45, 7) is 6.54. The average Bonchev–Trinajstić information content (AvgIpc) is 2.79. The third kappa shape index (κ3) is 8.40. The van der Waals surface area contributed by atoms with Gasteiger partial charge in [-0.15, -0.1) is 0 Å². The molecule has 0 saturated carbocycles. The van der Waals surface area contributed by atoms with Gasteiger partial charge in [-0.1, -0.05) is 116 Å². The van der Waals surface area contributed by atoms with Crippen molar-refractivity contribution in [3.63, 3.8) is 0 Å². The van der Waals surface area contributed by atoms with E-state index in [1.54, 1.807) is 36.4 Å². The summed E-state index contributed by atoms with van der Waals surface area (Å²) in [5.74, 6) is 0.653. The van der Waals surface area contributed by atoms with Crippen LogP contribution in [0.3, 0.4) is 0 Å². The second kappa shape index (κ2) is 13.0. The standard InChI is InChI=1S/C15H14ClF3N2O2S.C10H14.Ru/c16-14(12-9-5-2-6-10-12,21-24(22,23)15(17,18)19)13(20)11-7-3-1-4-8-11;1-8(2)10-6-4-9(3)5-7-10;/h1-10,13,21H,20H2;4-8H,1-3H3;/t13-,14-;;/m0../s1. The zero-order valence-corrected chi connectivity index (χ0v) is 22.7. The van der Waals surface area contributed by atoms with Crippen molar-refractivity contribution in [2.45, 2.75) is 43.2 Å². The van der Waals surface area contributed by atoms with Crippen LogP contribution in [0.1, 0.15) is 48.1 Å². The first-order chi connectivity index (χ1) is 15.8. The Bertz CT molecular complexity index is 1150. The number of sulfonamides is 1. The van der Waals surface area contributed by atoms with E-state index >= 15 is 0 Å². The van der Waals surface area contributed by atoms with E-state index in [0.717, 1.165) is 0 Å². The van der Waals surface area contributed by atoms with Crippen molar-refractivity contribution in [1.82, 2.24) is 4.72 Å². The quantitative estimate of drug-likeness (QED) is 0.194. The molecule has 4 nitrogen and oxygen atoms in total. The number of nitrogens with two attached hydrogens (primary N) is 1. The van der Waals surface area contributed by atoms with Crippen LogP contribution in [0.2, 0.25) is 0 Å². The van der Waals surface area contributed by atoms with Crippen molar-refractivity contribution >= 4 is 21.6 Å². The maximum atomic E-state index is 12.8. The van der Waals surface area contributed by atoms with Crippen LogP contribution in [0.4, 0.5) is 13.2 Å². The zero-order chi connectivity index (χ0) is 25.6. The van der Waals surface area contributed by atoms with Gasteiger partial charge in [0.2, 0.25) is 0 Å². The van der Waals surface area contributed by atoms with Gasteiger partial charge >= 0.3 is 15.5 Å². The number of halogens is 4. The Balaban J connectivity index is 0.000000468. The van der Waals surface area contributed by atoms with Crippen LogP contribution in [0, 0.1) is 6.92 Å². The second-order valence-electron chi connectivity index (χ2n) is 8.08. The second-order valence-corrected chi connectivity index (χ2v) is 10.4. The molecule has 3 aromatic rings. The fourth-order valence-electron chi connectivity index (χ4n) is 3.08. The molecule has 2 atom stereocenters. The van der Waals surface area contributed by atoms with Gasteiger partial charge in [0.15, 0.2) is 5.00 Å². The molecule has 10 heteroatoms. The molecule has 0 fully saturated rings. The largest absolute Gasteiger partial charge is 0.511 e. The van der Waals surface area contributed by atoms with Crippen LogP contribution < -0.4 is 10.5 Å². The third-order valence-corrected chi connectivity index (χ3v) is 6.97. The number of hydrogen-bond donors (Lipinski definition) is 2. The van der Waals surface area contributed by atoms with Crippen LogP contribution in [0.15, 0.2) is 84.9 Å². The summed E-state index contributed by atoms with van der Waals surface area (Å²) in [5.41, 5.74) is 3.74. The Labute approximate surface area is 222 Å². The molecule has 3 rings (SSSR count). The molecule has 3 N–H and O–H groups in total. The maximum Gasteiger partial charge on any atom is 0.511 e. The van der Waals surface area contributed by atoms with Gasteiger partial charge in [-0.25, -0.2) is 8.42 Å². The molecule has 0 bridgehead atoms. The van der Waals surface area contributed by atoms with Gasteiger partial charge in [-0.3, -0.25) is 0 Å². The summed E-state index contributed by atoms with van der Waals surface area (Å²) in [6.07, 6.45) is 0. The minimum Gasteiger partial charge on any atom is -0.321 e. The summed E-state index contributed by atoms with van der Waals surface area (Å²) in [7, 11) is -5.72. The van der Waals surface area contributed by atoms with E-state index in [9.17, 15) is 21.6 Å². The summed E-state index contributed by atoms with van der Waals surface area (Å²) in [4.78, 5) is -2.21. The number of nitrogens with one attached hydrogen (secondary N) is 1. The van der Waals surface area contributed by atoms with Crippen molar-refractivity contribution in [2.24, 2.45) is 5.73 Å². The molecule has 3 aromatic carbocycles. The predicted octanol–water partition coefficient (Wildman–Crippen LogP) is 6.33. The predicted molar refractivity (Wildman–Crippen MR) is 131 cm³/mol. The van der Waals surface area contributed by atoms with Crippen molar-refractivity contribution in [2.75, 3.05) is 0 Å². The molecular weight excluding hydrogens is 586 g/mol. The van der Waals surface area contributed by atoms with Gasteiger partial charge in [-0.05, 0) is 29.5 Å². The molecule has 0 aromatic heterocycles. The van der Waals surface area contributed by atoms with E-state index in [1.807, 2.05) is 0 Å². The Morgan fingerprint density at radius 2 is 1.29 bits per heavy atom. The maximum absolute atomic E-state index is 12.8. The normalized spacial score (nSPS) is 14.2. The molecular formula is C25H28ClF3N2O2RuS. The molecule has 0 radical (unpaired) electrons. The molecule has 0 amide bonds.